The molecule has 1 spiro atoms. The van der Waals surface area contributed by atoms with E-state index in [-0.39, 0.29) is 0 Å². The maximum absolute atomic E-state index is 13.2. The number of aliphatic hydroxyl groups excluding tert-OH is 1. The largest absolute Gasteiger partial charge is 0.386 e. The summed E-state index contributed by atoms with van der Waals surface area (Å²) in [4.78, 5) is 18.3. The predicted molar refractivity (Wildman–Crippen MR) is 128 cm³/mol. The Bertz CT molecular complexity index is 956. The summed E-state index contributed by atoms with van der Waals surface area (Å²) in [6.07, 6.45) is 2.16. The van der Waals surface area contributed by atoms with Crippen LogP contribution < -0.4 is 10.6 Å². The molecule has 0 aliphatic carbocycles. The lowest BCUT2D eigenvalue weighted by Gasteiger charge is -2.44. The Kier molecular flexibility index (Phi) is 8.41. The third-order valence-electron chi connectivity index (χ3n) is 7.45. The van der Waals surface area contributed by atoms with Gasteiger partial charge in [-0.1, -0.05) is 30.3 Å². The SMILES string of the molecule is O=C(NC(CF)C(O)c1ccc(-c2ccc(CN3CCC4(CCNCC4)CC3)nc2)cc1)C(F)F. The lowest BCUT2D eigenvalue weighted by atomic mass is 9.71. The summed E-state index contributed by atoms with van der Waals surface area (Å²) in [6, 6.07) is 9.27. The Morgan fingerprint density at radius 2 is 1.71 bits per heavy atom. The average Bonchev–Trinajstić information content (AvgIpc) is 2.89. The van der Waals surface area contributed by atoms with Crippen molar-refractivity contribution in [1.29, 1.82) is 0 Å². The Labute approximate surface area is 203 Å². The number of likely N-dealkylation sites (tertiary alicyclic amines) is 1. The molecule has 1 amide bonds. The van der Waals surface area contributed by atoms with Crippen LogP contribution in [0.1, 0.15) is 43.0 Å². The van der Waals surface area contributed by atoms with E-state index in [9.17, 15) is 23.1 Å². The topological polar surface area (TPSA) is 77.5 Å². The minimum absolute atomic E-state index is 0.326. The number of amides is 1. The summed E-state index contributed by atoms with van der Waals surface area (Å²) >= 11 is 0. The summed E-state index contributed by atoms with van der Waals surface area (Å²) < 4.78 is 38.1. The Hall–Kier alpha value is -2.49. The average molecular weight is 491 g/mol. The molecule has 2 fully saturated rings. The number of alkyl halides is 3. The van der Waals surface area contributed by atoms with Crippen molar-refractivity contribution in [2.75, 3.05) is 32.9 Å². The fourth-order valence-electron chi connectivity index (χ4n) is 5.11. The van der Waals surface area contributed by atoms with Gasteiger partial charge in [-0.25, -0.2) is 4.39 Å². The second-order valence-corrected chi connectivity index (χ2v) is 9.70. The molecule has 2 aromatic rings. The third-order valence-corrected chi connectivity index (χ3v) is 7.45. The minimum atomic E-state index is -3.27. The molecule has 0 bridgehead atoms. The van der Waals surface area contributed by atoms with Crippen molar-refractivity contribution in [2.45, 2.75) is 50.8 Å². The van der Waals surface area contributed by atoms with Gasteiger partial charge in [0.05, 0.1) is 11.7 Å². The van der Waals surface area contributed by atoms with Crippen LogP contribution in [0.3, 0.4) is 0 Å². The van der Waals surface area contributed by atoms with Gasteiger partial charge >= 0.3 is 6.43 Å². The van der Waals surface area contributed by atoms with Crippen molar-refractivity contribution in [3.05, 3.63) is 53.9 Å². The maximum atomic E-state index is 13.2. The molecule has 2 unspecified atom stereocenters. The number of benzene rings is 1. The zero-order valence-electron chi connectivity index (χ0n) is 19.7. The van der Waals surface area contributed by atoms with Crippen molar-refractivity contribution in [3.8, 4) is 11.1 Å². The molecule has 0 radical (unpaired) electrons. The highest BCUT2D eigenvalue weighted by molar-refractivity contribution is 5.79. The monoisotopic (exact) mass is 490 g/mol. The molecule has 2 aliphatic rings. The summed E-state index contributed by atoms with van der Waals surface area (Å²) in [5.41, 5.74) is 3.63. The Morgan fingerprint density at radius 1 is 1.06 bits per heavy atom. The summed E-state index contributed by atoms with van der Waals surface area (Å²) in [5.74, 6) is -1.61. The first-order valence-corrected chi connectivity index (χ1v) is 12.2. The number of aromatic nitrogens is 1. The second kappa shape index (κ2) is 11.5. The van der Waals surface area contributed by atoms with Gasteiger partial charge < -0.3 is 15.7 Å². The van der Waals surface area contributed by atoms with Crippen LogP contribution in [0.2, 0.25) is 0 Å². The standard InChI is InChI=1S/C26H33F3N4O2/c27-15-22(32-25(35)24(28)29)23(34)19-3-1-18(2-4-19)20-5-6-21(31-16-20)17-33-13-9-26(10-14-33)7-11-30-12-8-26/h1-6,16,22-24,30,34H,7-15,17H2,(H,32,35). The Balaban J connectivity index is 1.32. The van der Waals surface area contributed by atoms with Crippen LogP contribution in [0.25, 0.3) is 11.1 Å². The lowest BCUT2D eigenvalue weighted by Crippen LogP contribution is -2.45. The summed E-state index contributed by atoms with van der Waals surface area (Å²) in [7, 11) is 0. The number of carbonyl (C=O) groups excluding carboxylic acids is 1. The van der Waals surface area contributed by atoms with E-state index in [1.54, 1.807) is 24.3 Å². The van der Waals surface area contributed by atoms with Crippen LogP contribution in [-0.4, -0.2) is 66.2 Å². The van der Waals surface area contributed by atoms with Crippen LogP contribution >= 0.6 is 0 Å². The van der Waals surface area contributed by atoms with E-state index in [2.05, 4.69) is 15.2 Å². The predicted octanol–water partition coefficient (Wildman–Crippen LogP) is 3.47. The van der Waals surface area contributed by atoms with Gasteiger partial charge in [0.15, 0.2) is 0 Å². The smallest absolute Gasteiger partial charge is 0.315 e. The second-order valence-electron chi connectivity index (χ2n) is 9.70. The zero-order chi connectivity index (χ0) is 24.8. The first-order chi connectivity index (χ1) is 16.9. The summed E-state index contributed by atoms with van der Waals surface area (Å²) in [6.45, 7) is 4.13. The molecular formula is C26H33F3N4O2. The lowest BCUT2D eigenvalue weighted by molar-refractivity contribution is -0.133. The molecule has 3 N–H and O–H groups in total. The van der Waals surface area contributed by atoms with E-state index in [0.29, 0.717) is 11.0 Å². The van der Waals surface area contributed by atoms with Crippen molar-refractivity contribution in [3.63, 3.8) is 0 Å². The number of halogens is 3. The van der Waals surface area contributed by atoms with Crippen LogP contribution in [0.15, 0.2) is 42.6 Å². The zero-order valence-corrected chi connectivity index (χ0v) is 19.7. The van der Waals surface area contributed by atoms with Gasteiger partial charge in [0.1, 0.15) is 12.8 Å². The molecule has 190 valence electrons. The number of rotatable bonds is 8. The van der Waals surface area contributed by atoms with Crippen molar-refractivity contribution < 1.29 is 23.1 Å². The van der Waals surface area contributed by atoms with Gasteiger partial charge in [-0.3, -0.25) is 14.7 Å². The molecule has 0 saturated carbocycles. The molecule has 3 heterocycles. The van der Waals surface area contributed by atoms with E-state index in [1.165, 1.54) is 25.7 Å². The van der Waals surface area contributed by atoms with Crippen LogP contribution in [0.4, 0.5) is 13.2 Å². The number of nitrogens with one attached hydrogen (secondary N) is 2. The molecule has 35 heavy (non-hydrogen) atoms. The van der Waals surface area contributed by atoms with Gasteiger partial charge in [-0.2, -0.15) is 8.78 Å². The maximum Gasteiger partial charge on any atom is 0.315 e. The normalized spacial score (nSPS) is 20.0. The number of pyridine rings is 1. The van der Waals surface area contributed by atoms with Gasteiger partial charge in [0, 0.05) is 18.3 Å². The number of aliphatic hydroxyl groups is 1. The van der Waals surface area contributed by atoms with Crippen molar-refractivity contribution in [2.24, 2.45) is 5.41 Å². The van der Waals surface area contributed by atoms with E-state index in [4.69, 9.17) is 0 Å². The van der Waals surface area contributed by atoms with Gasteiger partial charge in [-0.15, -0.1) is 0 Å². The van der Waals surface area contributed by atoms with Crippen molar-refractivity contribution in [1.82, 2.24) is 20.5 Å². The first-order valence-electron chi connectivity index (χ1n) is 12.2. The van der Waals surface area contributed by atoms with Gasteiger partial charge in [-0.05, 0) is 74.5 Å². The van der Waals surface area contributed by atoms with Gasteiger partial charge in [0.25, 0.3) is 5.91 Å². The van der Waals surface area contributed by atoms with E-state index >= 15 is 0 Å². The number of nitrogens with zero attached hydrogens (tertiary/aromatic N) is 2. The van der Waals surface area contributed by atoms with Crippen molar-refractivity contribution >= 4 is 5.91 Å². The molecule has 4 rings (SSSR count). The molecule has 6 nitrogen and oxygen atoms in total. The fourth-order valence-corrected chi connectivity index (χ4v) is 5.11. The van der Waals surface area contributed by atoms with E-state index in [0.717, 1.165) is 49.5 Å². The van der Waals surface area contributed by atoms with E-state index in [1.807, 2.05) is 23.6 Å². The number of piperidine rings is 2. The number of hydrogen-bond acceptors (Lipinski definition) is 5. The van der Waals surface area contributed by atoms with Crippen LogP contribution in [0.5, 0.6) is 0 Å². The highest BCUT2D eigenvalue weighted by Gasteiger charge is 2.35. The highest BCUT2D eigenvalue weighted by Crippen LogP contribution is 2.39. The van der Waals surface area contributed by atoms with Crippen LogP contribution in [0, 0.1) is 5.41 Å². The summed E-state index contributed by atoms with van der Waals surface area (Å²) in [5, 5.41) is 15.6. The molecule has 2 atom stereocenters. The van der Waals surface area contributed by atoms with Gasteiger partial charge in [0.2, 0.25) is 0 Å². The minimum Gasteiger partial charge on any atom is -0.386 e. The quantitative estimate of drug-likeness (QED) is 0.528. The number of carbonyl (C=O) groups is 1. The first kappa shape index (κ1) is 25.6. The third kappa shape index (κ3) is 6.39. The Morgan fingerprint density at radius 3 is 2.29 bits per heavy atom. The molecule has 1 aromatic heterocycles. The number of hydrogen-bond donors (Lipinski definition) is 3. The molecule has 9 heteroatoms. The fraction of sp³-hybridized carbons (Fsp3) is 0.538. The molecule has 2 saturated heterocycles. The highest BCUT2D eigenvalue weighted by atomic mass is 19.3. The van der Waals surface area contributed by atoms with Crippen LogP contribution in [-0.2, 0) is 11.3 Å². The molecule has 1 aromatic carbocycles. The molecular weight excluding hydrogens is 457 g/mol. The van der Waals surface area contributed by atoms with E-state index < -0.39 is 31.2 Å². The molecule has 2 aliphatic heterocycles.